The molecular weight excluding hydrogens is 248 g/mol. The van der Waals surface area contributed by atoms with E-state index in [1.165, 1.54) is 5.56 Å². The predicted octanol–water partition coefficient (Wildman–Crippen LogP) is 0.449. The Bertz CT molecular complexity index is 393. The van der Waals surface area contributed by atoms with Crippen LogP contribution in [0.4, 0.5) is 0 Å². The number of rotatable bonds is 5. The number of carboxylic acids is 2. The summed E-state index contributed by atoms with van der Waals surface area (Å²) >= 11 is 0. The van der Waals surface area contributed by atoms with Gasteiger partial charge in [-0.1, -0.05) is 30.3 Å². The number of carboxylic acid groups (broad SMARTS) is 2. The highest BCUT2D eigenvalue weighted by Gasteiger charge is 2.14. The molecule has 6 nitrogen and oxygen atoms in total. The van der Waals surface area contributed by atoms with Crippen molar-refractivity contribution in [2.45, 2.75) is 31.8 Å². The fourth-order valence-corrected chi connectivity index (χ4v) is 1.26. The van der Waals surface area contributed by atoms with E-state index in [1.54, 1.807) is 0 Å². The molecule has 2 atom stereocenters. The minimum absolute atomic E-state index is 0.266. The first-order chi connectivity index (χ1) is 8.82. The van der Waals surface area contributed by atoms with Gasteiger partial charge in [0.2, 0.25) is 0 Å². The summed E-state index contributed by atoms with van der Waals surface area (Å²) in [5.74, 6) is -2.50. The van der Waals surface area contributed by atoms with Crippen molar-refractivity contribution in [3.63, 3.8) is 0 Å². The second kappa shape index (κ2) is 9.07. The van der Waals surface area contributed by atoms with Crippen molar-refractivity contribution in [2.75, 3.05) is 0 Å². The molecule has 0 saturated heterocycles. The molecule has 0 aliphatic heterocycles. The zero-order valence-electron chi connectivity index (χ0n) is 10.8. The van der Waals surface area contributed by atoms with Crippen LogP contribution in [0, 0.1) is 0 Å². The van der Waals surface area contributed by atoms with Crippen LogP contribution in [0.1, 0.15) is 18.9 Å². The zero-order valence-corrected chi connectivity index (χ0v) is 10.8. The van der Waals surface area contributed by atoms with Crippen molar-refractivity contribution in [1.29, 1.82) is 0 Å². The molecular formula is C13H20N2O4. The van der Waals surface area contributed by atoms with Crippen LogP contribution in [0.15, 0.2) is 30.3 Å². The fraction of sp³-hybridized carbons (Fsp3) is 0.385. The van der Waals surface area contributed by atoms with Gasteiger partial charge in [-0.05, 0) is 18.9 Å². The van der Waals surface area contributed by atoms with E-state index in [9.17, 15) is 9.59 Å². The molecule has 106 valence electrons. The third kappa shape index (κ3) is 9.75. The Balaban J connectivity index is 0.000000344. The lowest BCUT2D eigenvalue weighted by Crippen LogP contribution is -2.32. The molecule has 1 aromatic carbocycles. The van der Waals surface area contributed by atoms with E-state index in [0.29, 0.717) is 0 Å². The quantitative estimate of drug-likeness (QED) is 0.614. The number of hydrogen-bond donors (Lipinski definition) is 4. The summed E-state index contributed by atoms with van der Waals surface area (Å²) in [5.41, 5.74) is 11.8. The van der Waals surface area contributed by atoms with Crippen molar-refractivity contribution < 1.29 is 19.8 Å². The number of carbonyl (C=O) groups is 2. The number of aliphatic carboxylic acids is 2. The van der Waals surface area contributed by atoms with Gasteiger partial charge < -0.3 is 21.7 Å². The lowest BCUT2D eigenvalue weighted by atomic mass is 10.1. The van der Waals surface area contributed by atoms with E-state index < -0.39 is 24.4 Å². The second-order valence-electron chi connectivity index (χ2n) is 4.21. The van der Waals surface area contributed by atoms with Crippen molar-refractivity contribution in [2.24, 2.45) is 11.5 Å². The Morgan fingerprint density at radius 2 is 1.68 bits per heavy atom. The summed E-state index contributed by atoms with van der Waals surface area (Å²) < 4.78 is 0. The Morgan fingerprint density at radius 1 is 1.16 bits per heavy atom. The Morgan fingerprint density at radius 3 is 2.00 bits per heavy atom. The average molecular weight is 268 g/mol. The maximum absolute atomic E-state index is 9.85. The molecule has 0 aromatic heterocycles. The van der Waals surface area contributed by atoms with Gasteiger partial charge in [0.05, 0.1) is 6.42 Å². The van der Waals surface area contributed by atoms with Crippen LogP contribution in [-0.2, 0) is 16.0 Å². The van der Waals surface area contributed by atoms with Crippen molar-refractivity contribution in [1.82, 2.24) is 0 Å². The lowest BCUT2D eigenvalue weighted by molar-refractivity contribution is -0.144. The highest BCUT2D eigenvalue weighted by atomic mass is 16.4. The predicted molar refractivity (Wildman–Crippen MR) is 71.7 cm³/mol. The molecule has 0 aliphatic carbocycles. The molecule has 1 rings (SSSR count). The number of nitrogens with two attached hydrogens (primary N) is 2. The van der Waals surface area contributed by atoms with Gasteiger partial charge in [0.1, 0.15) is 6.04 Å². The molecule has 6 N–H and O–H groups in total. The van der Waals surface area contributed by atoms with Crippen molar-refractivity contribution >= 4 is 11.9 Å². The molecule has 0 fully saturated rings. The highest BCUT2D eigenvalue weighted by molar-refractivity contribution is 5.80. The molecule has 0 bridgehead atoms. The first-order valence-corrected chi connectivity index (χ1v) is 5.82. The normalized spacial score (nSPS) is 12.8. The molecule has 1 aromatic rings. The maximum atomic E-state index is 9.85. The van der Waals surface area contributed by atoms with Crippen LogP contribution in [0.25, 0.3) is 0 Å². The Hall–Kier alpha value is -1.92. The molecule has 0 amide bonds. The summed E-state index contributed by atoms with van der Waals surface area (Å²) in [6.45, 7) is 2.02. The summed E-state index contributed by atoms with van der Waals surface area (Å²) in [7, 11) is 0. The van der Waals surface area contributed by atoms with Crippen LogP contribution in [0.5, 0.6) is 0 Å². The van der Waals surface area contributed by atoms with Crippen LogP contribution in [-0.4, -0.2) is 34.2 Å². The van der Waals surface area contributed by atoms with E-state index in [0.717, 1.165) is 6.42 Å². The average Bonchev–Trinajstić information content (AvgIpc) is 2.29. The maximum Gasteiger partial charge on any atom is 0.321 e. The van der Waals surface area contributed by atoms with Gasteiger partial charge in [-0.25, -0.2) is 0 Å². The fourth-order valence-electron chi connectivity index (χ4n) is 1.26. The molecule has 19 heavy (non-hydrogen) atoms. The summed E-state index contributed by atoms with van der Waals surface area (Å²) in [6.07, 6.45) is 0.441. The standard InChI is InChI=1S/C9H13N.C4H7NO4/c1-8(10)7-9-5-3-2-4-6-9;5-2(4(8)9)1-3(6)7/h2-6,8H,7,10H2,1H3;2H,1,5H2,(H,6,7)(H,8,9)/t8-;/m1./s1. The van der Waals surface area contributed by atoms with Crippen LogP contribution in [0.3, 0.4) is 0 Å². The first-order valence-electron chi connectivity index (χ1n) is 5.82. The van der Waals surface area contributed by atoms with Crippen LogP contribution in [0.2, 0.25) is 0 Å². The summed E-state index contributed by atoms with van der Waals surface area (Å²) in [6, 6.07) is 9.28. The van der Waals surface area contributed by atoms with Gasteiger partial charge >= 0.3 is 11.9 Å². The SMILES string of the molecule is C[C@@H](N)Cc1ccccc1.NC(CC(=O)O)C(=O)O. The third-order valence-electron chi connectivity index (χ3n) is 2.11. The van der Waals surface area contributed by atoms with Crippen molar-refractivity contribution in [3.8, 4) is 0 Å². The molecule has 0 saturated carbocycles. The second-order valence-corrected chi connectivity index (χ2v) is 4.21. The van der Waals surface area contributed by atoms with Gasteiger partial charge in [0.15, 0.2) is 0 Å². The molecule has 0 heterocycles. The zero-order chi connectivity index (χ0) is 14.8. The smallest absolute Gasteiger partial charge is 0.321 e. The van der Waals surface area contributed by atoms with Crippen molar-refractivity contribution in [3.05, 3.63) is 35.9 Å². The van der Waals surface area contributed by atoms with Gasteiger partial charge in [0, 0.05) is 6.04 Å². The topological polar surface area (TPSA) is 127 Å². The van der Waals surface area contributed by atoms with Gasteiger partial charge in [-0.15, -0.1) is 0 Å². The van der Waals surface area contributed by atoms with Gasteiger partial charge in [-0.3, -0.25) is 9.59 Å². The largest absolute Gasteiger partial charge is 0.481 e. The minimum atomic E-state index is -1.29. The molecule has 0 spiro atoms. The van der Waals surface area contributed by atoms with Crippen LogP contribution >= 0.6 is 0 Å². The molecule has 0 radical (unpaired) electrons. The van der Waals surface area contributed by atoms with E-state index in [-0.39, 0.29) is 6.04 Å². The van der Waals surface area contributed by atoms with E-state index in [4.69, 9.17) is 21.7 Å². The monoisotopic (exact) mass is 268 g/mol. The molecule has 1 unspecified atom stereocenters. The highest BCUT2D eigenvalue weighted by Crippen LogP contribution is 2.00. The van der Waals surface area contributed by atoms with Gasteiger partial charge in [0.25, 0.3) is 0 Å². The molecule has 0 aliphatic rings. The Kier molecular flexibility index (Phi) is 8.15. The minimum Gasteiger partial charge on any atom is -0.481 e. The van der Waals surface area contributed by atoms with E-state index in [2.05, 4.69) is 12.1 Å². The summed E-state index contributed by atoms with van der Waals surface area (Å²) in [4.78, 5) is 19.6. The van der Waals surface area contributed by atoms with E-state index >= 15 is 0 Å². The summed E-state index contributed by atoms with van der Waals surface area (Å²) in [5, 5.41) is 16.0. The van der Waals surface area contributed by atoms with Crippen LogP contribution < -0.4 is 11.5 Å². The lowest BCUT2D eigenvalue weighted by Gasteiger charge is -2.02. The number of benzene rings is 1. The third-order valence-corrected chi connectivity index (χ3v) is 2.11. The van der Waals surface area contributed by atoms with Gasteiger partial charge in [-0.2, -0.15) is 0 Å². The molecule has 6 heteroatoms. The van der Waals surface area contributed by atoms with E-state index in [1.807, 2.05) is 25.1 Å². The Labute approximate surface area is 112 Å². The first kappa shape index (κ1) is 17.1. The number of hydrogen-bond acceptors (Lipinski definition) is 4.